The third kappa shape index (κ3) is 3.30. The van der Waals surface area contributed by atoms with E-state index in [1.807, 2.05) is 25.4 Å². The first-order valence-corrected chi connectivity index (χ1v) is 9.77. The predicted molar refractivity (Wildman–Crippen MR) is 114 cm³/mol. The molecular weight excluding hydrogens is 451 g/mol. The van der Waals surface area contributed by atoms with Crippen molar-refractivity contribution in [1.82, 2.24) is 34.3 Å². The van der Waals surface area contributed by atoms with Crippen LogP contribution in [0.4, 0.5) is 16.2 Å². The summed E-state index contributed by atoms with van der Waals surface area (Å²) in [7, 11) is 1.84. The summed E-state index contributed by atoms with van der Waals surface area (Å²) >= 11 is 3.55. The van der Waals surface area contributed by atoms with E-state index in [9.17, 15) is 4.39 Å². The lowest BCUT2D eigenvalue weighted by molar-refractivity contribution is 0.628. The molecule has 0 radical (unpaired) electrons. The average Bonchev–Trinajstić information content (AvgIpc) is 3.29. The summed E-state index contributed by atoms with van der Waals surface area (Å²) in [5.74, 6) is 0.698. The molecule has 10 heteroatoms. The van der Waals surface area contributed by atoms with Gasteiger partial charge in [0.15, 0.2) is 16.1 Å². The van der Waals surface area contributed by atoms with Crippen molar-refractivity contribution in [3.8, 4) is 22.5 Å². The fraction of sp³-hybridized carbons (Fsp3) is 0.0500. The van der Waals surface area contributed by atoms with Gasteiger partial charge in [0.2, 0.25) is 5.95 Å². The Morgan fingerprint density at radius 2 is 1.77 bits per heavy atom. The third-order valence-electron chi connectivity index (χ3n) is 4.44. The number of halogens is 2. The predicted octanol–water partition coefficient (Wildman–Crippen LogP) is 4.23. The number of hydrogen-bond acceptors (Lipinski definition) is 6. The normalized spacial score (nSPS) is 11.2. The molecule has 0 bridgehead atoms. The summed E-state index contributed by atoms with van der Waals surface area (Å²) in [4.78, 5) is 12.8. The lowest BCUT2D eigenvalue weighted by Gasteiger charge is -2.04. The topological polar surface area (TPSA) is 85.8 Å². The zero-order valence-corrected chi connectivity index (χ0v) is 17.2. The maximum Gasteiger partial charge on any atom is 0.228 e. The van der Waals surface area contributed by atoms with E-state index in [1.54, 1.807) is 39.8 Å². The number of anilines is 2. The second-order valence-corrected chi connectivity index (χ2v) is 7.26. The van der Waals surface area contributed by atoms with E-state index in [4.69, 9.17) is 5.10 Å². The summed E-state index contributed by atoms with van der Waals surface area (Å²) in [5, 5.41) is 12.3. The smallest absolute Gasteiger partial charge is 0.228 e. The van der Waals surface area contributed by atoms with E-state index in [0.29, 0.717) is 27.7 Å². The van der Waals surface area contributed by atoms with Crippen molar-refractivity contribution in [2.75, 3.05) is 5.32 Å². The molecule has 4 aromatic heterocycles. The number of benzene rings is 1. The minimum absolute atomic E-state index is 0.291. The monoisotopic (exact) mass is 464 g/mol. The molecule has 5 rings (SSSR count). The van der Waals surface area contributed by atoms with Crippen LogP contribution in [0.1, 0.15) is 0 Å². The first kappa shape index (κ1) is 18.4. The molecule has 1 N–H and O–H groups in total. The molecule has 0 aliphatic carbocycles. The highest BCUT2D eigenvalue weighted by atomic mass is 79.9. The maximum atomic E-state index is 13.3. The highest BCUT2D eigenvalue weighted by Crippen LogP contribution is 2.31. The van der Waals surface area contributed by atoms with E-state index in [1.165, 1.54) is 12.1 Å². The SMILES string of the molecule is Cn1cc(-c2ccc3nc(Nc4ncccn4)c(Br)n3n2)c(-c2ccc(F)cc2)n1. The Kier molecular flexibility index (Phi) is 4.47. The van der Waals surface area contributed by atoms with Gasteiger partial charge in [-0.3, -0.25) is 4.68 Å². The molecule has 30 heavy (non-hydrogen) atoms. The van der Waals surface area contributed by atoms with Gasteiger partial charge in [-0.2, -0.15) is 10.2 Å². The Morgan fingerprint density at radius 1 is 1.00 bits per heavy atom. The van der Waals surface area contributed by atoms with Gasteiger partial charge in [0.25, 0.3) is 0 Å². The van der Waals surface area contributed by atoms with Crippen molar-refractivity contribution in [3.63, 3.8) is 0 Å². The zero-order valence-electron chi connectivity index (χ0n) is 15.7. The van der Waals surface area contributed by atoms with Crippen molar-refractivity contribution >= 4 is 33.3 Å². The number of hydrogen-bond donors (Lipinski definition) is 1. The molecule has 0 aliphatic rings. The first-order valence-electron chi connectivity index (χ1n) is 8.98. The van der Waals surface area contributed by atoms with Crippen molar-refractivity contribution < 1.29 is 4.39 Å². The molecule has 0 fully saturated rings. The van der Waals surface area contributed by atoms with Gasteiger partial charge in [0, 0.05) is 36.8 Å². The maximum absolute atomic E-state index is 13.3. The molecule has 0 saturated carbocycles. The van der Waals surface area contributed by atoms with Crippen LogP contribution in [0.15, 0.2) is 65.7 Å². The Morgan fingerprint density at radius 3 is 2.53 bits per heavy atom. The van der Waals surface area contributed by atoms with Gasteiger partial charge in [0.05, 0.1) is 5.69 Å². The third-order valence-corrected chi connectivity index (χ3v) is 5.15. The fourth-order valence-electron chi connectivity index (χ4n) is 3.10. The number of aromatic nitrogens is 7. The van der Waals surface area contributed by atoms with Gasteiger partial charge >= 0.3 is 0 Å². The molecule has 1 aromatic carbocycles. The average molecular weight is 465 g/mol. The van der Waals surface area contributed by atoms with Gasteiger partial charge in [-0.15, -0.1) is 0 Å². The molecule has 148 valence electrons. The molecule has 8 nitrogen and oxygen atoms in total. The van der Waals surface area contributed by atoms with Crippen LogP contribution in [0.3, 0.4) is 0 Å². The standard InChI is InChI=1S/C20H14BrFN8/c1-29-11-14(17(28-29)12-3-5-13(22)6-4-12)15-7-8-16-25-19(18(21)30(16)27-15)26-20-23-9-2-10-24-20/h2-11H,1H3,(H,23,24,26). The van der Waals surface area contributed by atoms with Crippen LogP contribution in [0, 0.1) is 5.82 Å². The zero-order chi connectivity index (χ0) is 20.7. The van der Waals surface area contributed by atoms with Crippen molar-refractivity contribution in [1.29, 1.82) is 0 Å². The van der Waals surface area contributed by atoms with Crippen LogP contribution in [0.5, 0.6) is 0 Å². The van der Waals surface area contributed by atoms with E-state index < -0.39 is 0 Å². The molecule has 0 aliphatic heterocycles. The number of fused-ring (bicyclic) bond motifs is 1. The van der Waals surface area contributed by atoms with E-state index in [2.05, 4.69) is 41.3 Å². The lowest BCUT2D eigenvalue weighted by Crippen LogP contribution is -1.97. The highest BCUT2D eigenvalue weighted by Gasteiger charge is 2.17. The number of rotatable bonds is 4. The van der Waals surface area contributed by atoms with Gasteiger partial charge < -0.3 is 5.32 Å². The lowest BCUT2D eigenvalue weighted by atomic mass is 10.1. The number of aryl methyl sites for hydroxylation is 1. The van der Waals surface area contributed by atoms with Gasteiger partial charge in [-0.05, 0) is 58.4 Å². The van der Waals surface area contributed by atoms with Crippen LogP contribution in [-0.4, -0.2) is 34.3 Å². The second kappa shape index (κ2) is 7.30. The summed E-state index contributed by atoms with van der Waals surface area (Å²) in [5.41, 5.74) is 3.71. The Labute approximate surface area is 178 Å². The summed E-state index contributed by atoms with van der Waals surface area (Å²) < 4.78 is 17.4. The van der Waals surface area contributed by atoms with E-state index >= 15 is 0 Å². The van der Waals surface area contributed by atoms with Crippen LogP contribution < -0.4 is 5.32 Å². The Hall–Kier alpha value is -3.66. The highest BCUT2D eigenvalue weighted by molar-refractivity contribution is 9.10. The van der Waals surface area contributed by atoms with Gasteiger partial charge in [-0.25, -0.2) is 23.9 Å². The minimum atomic E-state index is -0.291. The molecule has 0 amide bonds. The minimum Gasteiger partial charge on any atom is -0.306 e. The largest absolute Gasteiger partial charge is 0.306 e. The first-order chi connectivity index (χ1) is 14.6. The number of nitrogens with zero attached hydrogens (tertiary/aromatic N) is 7. The van der Waals surface area contributed by atoms with Crippen LogP contribution in [0.25, 0.3) is 28.2 Å². The Balaban J connectivity index is 1.58. The summed E-state index contributed by atoms with van der Waals surface area (Å²) in [6.45, 7) is 0. The quantitative estimate of drug-likeness (QED) is 0.428. The summed E-state index contributed by atoms with van der Waals surface area (Å²) in [6, 6.07) is 11.7. The van der Waals surface area contributed by atoms with Gasteiger partial charge in [0.1, 0.15) is 11.5 Å². The van der Waals surface area contributed by atoms with Gasteiger partial charge in [-0.1, -0.05) is 0 Å². The molecule has 0 atom stereocenters. The fourth-order valence-corrected chi connectivity index (χ4v) is 3.54. The van der Waals surface area contributed by atoms with Crippen molar-refractivity contribution in [2.24, 2.45) is 7.05 Å². The Bertz CT molecular complexity index is 1350. The molecule has 5 aromatic rings. The second-order valence-electron chi connectivity index (χ2n) is 6.51. The van der Waals surface area contributed by atoms with Crippen LogP contribution >= 0.6 is 15.9 Å². The summed E-state index contributed by atoms with van der Waals surface area (Å²) in [6.07, 6.45) is 5.18. The molecule has 0 spiro atoms. The number of nitrogens with one attached hydrogen (secondary N) is 1. The molecule has 0 saturated heterocycles. The molecular formula is C20H14BrFN8. The van der Waals surface area contributed by atoms with E-state index in [-0.39, 0.29) is 5.82 Å². The van der Waals surface area contributed by atoms with Crippen LogP contribution in [0.2, 0.25) is 0 Å². The molecule has 0 unspecified atom stereocenters. The molecule has 4 heterocycles. The number of imidazole rings is 1. The van der Waals surface area contributed by atoms with Crippen LogP contribution in [-0.2, 0) is 7.05 Å². The van der Waals surface area contributed by atoms with Crippen molar-refractivity contribution in [2.45, 2.75) is 0 Å². The van der Waals surface area contributed by atoms with Crippen molar-refractivity contribution in [3.05, 3.63) is 71.5 Å². The van der Waals surface area contributed by atoms with E-state index in [0.717, 1.165) is 16.8 Å².